The normalized spacial score (nSPS) is 16.6. The van der Waals surface area contributed by atoms with Gasteiger partial charge >= 0.3 is 0 Å². The molecule has 4 aromatic rings. The van der Waals surface area contributed by atoms with Crippen LogP contribution in [0.5, 0.6) is 34.5 Å². The molecular weight excluding hydrogens is 664 g/mol. The maximum Gasteiger partial charge on any atom is 0.137 e. The van der Waals surface area contributed by atoms with E-state index in [4.69, 9.17) is 28.4 Å². The average molecular weight is 696 g/mol. The van der Waals surface area contributed by atoms with Crippen LogP contribution in [0, 0.1) is 0 Å². The van der Waals surface area contributed by atoms with Gasteiger partial charge in [0.1, 0.15) is 34.5 Å². The first-order chi connectivity index (χ1) is 20.4. The fraction of sp³-hybridized carbons (Fsp3) is 0.235. The quantitative estimate of drug-likeness (QED) is 0.175. The number of benzene rings is 4. The number of allylic oxidation sites excluding steroid dienone is 1. The zero-order valence-electron chi connectivity index (χ0n) is 24.3. The van der Waals surface area contributed by atoms with Crippen LogP contribution in [0.1, 0.15) is 39.7 Å². The molecule has 2 atom stereocenters. The van der Waals surface area contributed by atoms with E-state index in [2.05, 4.69) is 68.3 Å². The Kier molecular flexibility index (Phi) is 9.04. The van der Waals surface area contributed by atoms with Crippen molar-refractivity contribution in [3.8, 4) is 34.5 Å². The summed E-state index contributed by atoms with van der Waals surface area (Å²) >= 11 is 7.78. The molecule has 0 aromatic heterocycles. The lowest BCUT2D eigenvalue weighted by atomic mass is 9.79. The first-order valence-electron chi connectivity index (χ1n) is 13.2. The smallest absolute Gasteiger partial charge is 0.137 e. The van der Waals surface area contributed by atoms with Gasteiger partial charge in [0.2, 0.25) is 0 Å². The van der Waals surface area contributed by atoms with Crippen molar-refractivity contribution in [2.75, 3.05) is 42.7 Å². The van der Waals surface area contributed by atoms with Crippen LogP contribution in [0.25, 0.3) is 11.6 Å². The van der Waals surface area contributed by atoms with Gasteiger partial charge in [-0.25, -0.2) is 0 Å². The molecule has 0 saturated heterocycles. The lowest BCUT2D eigenvalue weighted by Gasteiger charge is -2.26. The van der Waals surface area contributed by atoms with Gasteiger partial charge in [0, 0.05) is 35.1 Å². The number of fused-ring (bicyclic) bond motifs is 1. The molecule has 8 heteroatoms. The summed E-state index contributed by atoms with van der Waals surface area (Å²) in [5, 5.41) is 0. The van der Waals surface area contributed by atoms with Crippen molar-refractivity contribution in [3.05, 3.63) is 103 Å². The minimum Gasteiger partial charge on any atom is -0.497 e. The largest absolute Gasteiger partial charge is 0.497 e. The summed E-state index contributed by atoms with van der Waals surface area (Å²) in [5.41, 5.74) is 6.29. The molecule has 0 unspecified atom stereocenters. The van der Waals surface area contributed by atoms with Gasteiger partial charge in [0.25, 0.3) is 0 Å². The molecular formula is C34H32Br2O6. The predicted octanol–water partition coefficient (Wildman–Crippen LogP) is 8.73. The zero-order chi connectivity index (χ0) is 30.0. The van der Waals surface area contributed by atoms with Crippen molar-refractivity contribution in [2.24, 2.45) is 0 Å². The van der Waals surface area contributed by atoms with Crippen LogP contribution in [0.2, 0.25) is 0 Å². The number of ether oxygens (including phenoxy) is 6. The fourth-order valence-electron chi connectivity index (χ4n) is 5.68. The molecule has 0 saturated carbocycles. The highest BCUT2D eigenvalue weighted by molar-refractivity contribution is 9.11. The molecule has 0 fully saturated rings. The Balaban J connectivity index is 1.90. The van der Waals surface area contributed by atoms with Gasteiger partial charge < -0.3 is 28.4 Å². The van der Waals surface area contributed by atoms with E-state index < -0.39 is 0 Å². The van der Waals surface area contributed by atoms with Crippen molar-refractivity contribution >= 4 is 43.5 Å². The molecule has 5 rings (SSSR count). The topological polar surface area (TPSA) is 55.4 Å². The van der Waals surface area contributed by atoms with Crippen LogP contribution < -0.4 is 28.4 Å². The van der Waals surface area contributed by atoms with Gasteiger partial charge in [-0.1, -0.05) is 30.3 Å². The molecule has 0 aliphatic heterocycles. The van der Waals surface area contributed by atoms with Crippen molar-refractivity contribution in [1.82, 2.24) is 0 Å². The molecule has 0 N–H and O–H groups in total. The van der Waals surface area contributed by atoms with E-state index >= 15 is 0 Å². The third kappa shape index (κ3) is 5.34. The van der Waals surface area contributed by atoms with E-state index in [1.54, 1.807) is 42.7 Å². The number of methoxy groups -OCH3 is 6. The van der Waals surface area contributed by atoms with Crippen LogP contribution in [0.4, 0.5) is 0 Å². The van der Waals surface area contributed by atoms with Gasteiger partial charge in [-0.3, -0.25) is 0 Å². The standard InChI is InChI=1S/C34H32Br2O6/c1-37-21-11-7-19(8-12-21)15-24-29(20-9-13-22(38-2)14-10-20)30(25-16-23(39-3)17-27(41-5)33(25)35)32-26(40-4)18-28(42-6)34(36)31(24)32/h7-18,29-30H,1-6H3/t29-,30+/m0/s1. The lowest BCUT2D eigenvalue weighted by Crippen LogP contribution is -2.10. The SMILES string of the molecule is COc1ccc(C=C2c3c(Br)c(OC)cc(OC)c3[C@H](c3cc(OC)cc(OC)c3Br)[C@H]2c2ccc(OC)cc2)cc1. The maximum atomic E-state index is 6.07. The van der Waals surface area contributed by atoms with E-state index in [9.17, 15) is 0 Å². The lowest BCUT2D eigenvalue weighted by molar-refractivity contribution is 0.386. The van der Waals surface area contributed by atoms with E-state index in [0.29, 0.717) is 17.2 Å². The Morgan fingerprint density at radius 2 is 1.10 bits per heavy atom. The van der Waals surface area contributed by atoms with Gasteiger partial charge in [-0.05, 0) is 84.5 Å². The van der Waals surface area contributed by atoms with Gasteiger partial charge in [0.05, 0.1) is 51.6 Å². The van der Waals surface area contributed by atoms with Crippen molar-refractivity contribution in [3.63, 3.8) is 0 Å². The highest BCUT2D eigenvalue weighted by atomic mass is 79.9. The predicted molar refractivity (Wildman–Crippen MR) is 173 cm³/mol. The summed E-state index contributed by atoms with van der Waals surface area (Å²) in [6.45, 7) is 0. The molecule has 1 aliphatic carbocycles. The molecule has 4 aromatic carbocycles. The van der Waals surface area contributed by atoms with E-state index in [1.807, 2.05) is 36.4 Å². The zero-order valence-corrected chi connectivity index (χ0v) is 27.5. The number of hydrogen-bond acceptors (Lipinski definition) is 6. The summed E-state index contributed by atoms with van der Waals surface area (Å²) in [4.78, 5) is 0. The minimum absolute atomic E-state index is 0.126. The second kappa shape index (κ2) is 12.7. The molecule has 6 nitrogen and oxygen atoms in total. The summed E-state index contributed by atoms with van der Waals surface area (Å²) in [7, 11) is 10.0. The second-order valence-corrected chi connectivity index (χ2v) is 11.3. The maximum absolute atomic E-state index is 6.07. The van der Waals surface area contributed by atoms with Gasteiger partial charge in [0.15, 0.2) is 0 Å². The van der Waals surface area contributed by atoms with Crippen molar-refractivity contribution in [2.45, 2.75) is 11.8 Å². The van der Waals surface area contributed by atoms with Crippen molar-refractivity contribution < 1.29 is 28.4 Å². The Morgan fingerprint density at radius 1 is 0.548 bits per heavy atom. The molecule has 42 heavy (non-hydrogen) atoms. The molecule has 0 heterocycles. The second-order valence-electron chi connectivity index (χ2n) is 9.72. The summed E-state index contributed by atoms with van der Waals surface area (Å²) in [6.07, 6.45) is 2.22. The summed E-state index contributed by atoms with van der Waals surface area (Å²) in [5.74, 6) is 4.05. The number of rotatable bonds is 9. The van der Waals surface area contributed by atoms with Crippen LogP contribution in [0.3, 0.4) is 0 Å². The highest BCUT2D eigenvalue weighted by Gasteiger charge is 2.44. The van der Waals surface area contributed by atoms with Crippen LogP contribution in [-0.4, -0.2) is 42.7 Å². The Morgan fingerprint density at radius 3 is 1.64 bits per heavy atom. The first kappa shape index (κ1) is 29.9. The molecule has 0 radical (unpaired) electrons. The average Bonchev–Trinajstić information content (AvgIpc) is 3.36. The fourth-order valence-corrected chi connectivity index (χ4v) is 7.04. The van der Waals surface area contributed by atoms with Crippen LogP contribution >= 0.6 is 31.9 Å². The molecule has 0 spiro atoms. The molecule has 218 valence electrons. The third-order valence-electron chi connectivity index (χ3n) is 7.69. The van der Waals surface area contributed by atoms with Gasteiger partial charge in [-0.2, -0.15) is 0 Å². The summed E-state index contributed by atoms with van der Waals surface area (Å²) in [6, 6.07) is 22.1. The number of halogens is 2. The Hall–Kier alpha value is -3.62. The number of hydrogen-bond donors (Lipinski definition) is 0. The van der Waals surface area contributed by atoms with E-state index in [-0.39, 0.29) is 11.8 Å². The van der Waals surface area contributed by atoms with E-state index in [0.717, 1.165) is 59.6 Å². The van der Waals surface area contributed by atoms with E-state index in [1.165, 1.54) is 0 Å². The Labute approximate surface area is 263 Å². The van der Waals surface area contributed by atoms with Gasteiger partial charge in [-0.15, -0.1) is 0 Å². The minimum atomic E-state index is -0.187. The Bertz CT molecular complexity index is 1610. The van der Waals surface area contributed by atoms with Crippen molar-refractivity contribution in [1.29, 1.82) is 0 Å². The molecule has 0 amide bonds. The first-order valence-corrected chi connectivity index (χ1v) is 14.8. The highest BCUT2D eigenvalue weighted by Crippen LogP contribution is 2.62. The molecule has 0 bridgehead atoms. The summed E-state index contributed by atoms with van der Waals surface area (Å²) < 4.78 is 36.0. The molecule has 1 aliphatic rings. The van der Waals surface area contributed by atoms with Crippen LogP contribution in [-0.2, 0) is 0 Å². The van der Waals surface area contributed by atoms with Crippen LogP contribution in [0.15, 0.2) is 75.7 Å². The monoisotopic (exact) mass is 694 g/mol. The third-order valence-corrected chi connectivity index (χ3v) is 9.32.